The second-order valence-electron chi connectivity index (χ2n) is 4.93. The summed E-state index contributed by atoms with van der Waals surface area (Å²) in [5.74, 6) is 0.110. The average molecular weight is 276 g/mol. The van der Waals surface area contributed by atoms with Crippen LogP contribution in [0.5, 0.6) is 5.75 Å². The Morgan fingerprint density at radius 3 is 2.33 bits per heavy atom. The number of aliphatic hydroxyl groups is 1. The fourth-order valence-electron chi connectivity index (χ4n) is 2.46. The third-order valence-corrected chi connectivity index (χ3v) is 3.51. The largest absolute Gasteiger partial charge is 0.508 e. The first-order valence-electron chi connectivity index (χ1n) is 6.87. The van der Waals surface area contributed by atoms with Gasteiger partial charge in [0.15, 0.2) is 0 Å². The number of aromatic hydroxyl groups is 1. The van der Waals surface area contributed by atoms with Gasteiger partial charge in [-0.3, -0.25) is 0 Å². The average Bonchev–Trinajstić information content (AvgIpc) is 2.53. The van der Waals surface area contributed by atoms with Gasteiger partial charge < -0.3 is 10.2 Å². The van der Waals surface area contributed by atoms with Crippen LogP contribution >= 0.6 is 0 Å². The van der Waals surface area contributed by atoms with E-state index in [0.717, 1.165) is 16.3 Å². The topological polar surface area (TPSA) is 40.5 Å². The highest BCUT2D eigenvalue weighted by Crippen LogP contribution is 2.33. The molecule has 1 unspecified atom stereocenters. The fraction of sp³-hybridized carbons (Fsp3) is 0.0526. The second kappa shape index (κ2) is 5.81. The van der Waals surface area contributed by atoms with Crippen molar-refractivity contribution in [2.75, 3.05) is 0 Å². The van der Waals surface area contributed by atoms with Gasteiger partial charge in [-0.25, -0.2) is 0 Å². The number of hydrogen-bond acceptors (Lipinski definition) is 2. The van der Waals surface area contributed by atoms with Crippen molar-refractivity contribution in [2.24, 2.45) is 0 Å². The van der Waals surface area contributed by atoms with Gasteiger partial charge in [0.1, 0.15) is 11.9 Å². The second-order valence-corrected chi connectivity index (χ2v) is 4.93. The summed E-state index contributed by atoms with van der Waals surface area (Å²) in [6.07, 6.45) is 2.69. The van der Waals surface area contributed by atoms with Gasteiger partial charge in [-0.2, -0.15) is 0 Å². The van der Waals surface area contributed by atoms with E-state index in [9.17, 15) is 10.2 Å². The number of aliphatic hydroxyl groups excluding tert-OH is 1. The molecular formula is C19H16O2. The Kier molecular flexibility index (Phi) is 3.71. The number of phenolic OH excluding ortho intramolecular Hbond substituents is 1. The van der Waals surface area contributed by atoms with Crippen LogP contribution in [0.25, 0.3) is 16.8 Å². The molecular weight excluding hydrogens is 260 g/mol. The number of rotatable bonds is 3. The quantitative estimate of drug-likeness (QED) is 0.749. The van der Waals surface area contributed by atoms with Crippen molar-refractivity contribution in [2.45, 2.75) is 6.10 Å². The molecule has 0 amide bonds. The van der Waals surface area contributed by atoms with Crippen LogP contribution in [0, 0.1) is 0 Å². The Labute approximate surface area is 123 Å². The maximum Gasteiger partial charge on any atom is 0.122 e. The van der Waals surface area contributed by atoms with Crippen molar-refractivity contribution in [3.63, 3.8) is 0 Å². The van der Waals surface area contributed by atoms with E-state index in [1.165, 1.54) is 0 Å². The molecule has 1 atom stereocenters. The lowest BCUT2D eigenvalue weighted by Crippen LogP contribution is -1.95. The molecule has 0 aliphatic rings. The van der Waals surface area contributed by atoms with Crippen LogP contribution < -0.4 is 0 Å². The van der Waals surface area contributed by atoms with Crippen molar-refractivity contribution >= 4 is 16.8 Å². The molecule has 2 heteroatoms. The van der Waals surface area contributed by atoms with Gasteiger partial charge in [0.2, 0.25) is 0 Å². The highest BCUT2D eigenvalue weighted by Gasteiger charge is 2.13. The van der Waals surface area contributed by atoms with E-state index in [-0.39, 0.29) is 5.75 Å². The molecule has 0 aliphatic heterocycles. The predicted molar refractivity (Wildman–Crippen MR) is 86.0 cm³/mol. The van der Waals surface area contributed by atoms with Crippen molar-refractivity contribution in [1.82, 2.24) is 0 Å². The van der Waals surface area contributed by atoms with E-state index in [4.69, 9.17) is 0 Å². The molecule has 0 radical (unpaired) electrons. The van der Waals surface area contributed by atoms with Gasteiger partial charge in [-0.1, -0.05) is 72.8 Å². The minimum Gasteiger partial charge on any atom is -0.508 e. The number of phenols is 1. The first kappa shape index (κ1) is 13.4. The van der Waals surface area contributed by atoms with Crippen molar-refractivity contribution < 1.29 is 10.2 Å². The van der Waals surface area contributed by atoms with Gasteiger partial charge in [0.05, 0.1) is 0 Å². The van der Waals surface area contributed by atoms with E-state index in [2.05, 4.69) is 0 Å². The van der Waals surface area contributed by atoms with Crippen LogP contribution in [0.2, 0.25) is 0 Å². The third-order valence-electron chi connectivity index (χ3n) is 3.51. The molecule has 0 saturated carbocycles. The zero-order valence-electron chi connectivity index (χ0n) is 11.5. The monoisotopic (exact) mass is 276 g/mol. The Bertz CT molecular complexity index is 776. The SMILES string of the molecule is Oc1ccc2ccccc2c1C(O)/C=C/c1ccccc1. The highest BCUT2D eigenvalue weighted by atomic mass is 16.3. The standard InChI is InChI=1S/C19H16O2/c20-17(12-10-14-6-2-1-3-7-14)19-16-9-5-4-8-15(16)11-13-18(19)21/h1-13,17,20-21H/b12-10+. The van der Waals surface area contributed by atoms with Crippen LogP contribution in [-0.4, -0.2) is 10.2 Å². The fourth-order valence-corrected chi connectivity index (χ4v) is 2.46. The molecule has 2 N–H and O–H groups in total. The van der Waals surface area contributed by atoms with Crippen LogP contribution in [-0.2, 0) is 0 Å². The van der Waals surface area contributed by atoms with E-state index in [0.29, 0.717) is 5.56 Å². The molecule has 3 rings (SSSR count). The minimum absolute atomic E-state index is 0.110. The van der Waals surface area contributed by atoms with Gasteiger partial charge >= 0.3 is 0 Å². The zero-order valence-corrected chi connectivity index (χ0v) is 11.5. The smallest absolute Gasteiger partial charge is 0.122 e. The molecule has 0 bridgehead atoms. The Hall–Kier alpha value is -2.58. The molecule has 0 fully saturated rings. The van der Waals surface area contributed by atoms with E-state index >= 15 is 0 Å². The number of benzene rings is 3. The summed E-state index contributed by atoms with van der Waals surface area (Å²) in [4.78, 5) is 0. The molecule has 21 heavy (non-hydrogen) atoms. The molecule has 3 aromatic carbocycles. The molecule has 0 saturated heterocycles. The van der Waals surface area contributed by atoms with Crippen LogP contribution in [0.3, 0.4) is 0 Å². The van der Waals surface area contributed by atoms with Crippen LogP contribution in [0.1, 0.15) is 17.2 Å². The molecule has 3 aromatic rings. The first-order chi connectivity index (χ1) is 10.3. The Balaban J connectivity index is 2.00. The van der Waals surface area contributed by atoms with Crippen molar-refractivity contribution in [1.29, 1.82) is 0 Å². The summed E-state index contributed by atoms with van der Waals surface area (Å²) in [5.41, 5.74) is 1.55. The van der Waals surface area contributed by atoms with Crippen molar-refractivity contribution in [3.05, 3.63) is 83.9 Å². The van der Waals surface area contributed by atoms with E-state index < -0.39 is 6.10 Å². The zero-order chi connectivity index (χ0) is 14.7. The van der Waals surface area contributed by atoms with Gasteiger partial charge in [0.25, 0.3) is 0 Å². The highest BCUT2D eigenvalue weighted by molar-refractivity contribution is 5.88. The third kappa shape index (κ3) is 2.81. The van der Waals surface area contributed by atoms with Gasteiger partial charge in [0, 0.05) is 5.56 Å². The summed E-state index contributed by atoms with van der Waals surface area (Å²) in [6, 6.07) is 21.0. The molecule has 104 valence electrons. The summed E-state index contributed by atoms with van der Waals surface area (Å²) in [7, 11) is 0. The lowest BCUT2D eigenvalue weighted by molar-refractivity contribution is 0.226. The number of fused-ring (bicyclic) bond motifs is 1. The molecule has 0 spiro atoms. The Morgan fingerprint density at radius 2 is 1.52 bits per heavy atom. The summed E-state index contributed by atoms with van der Waals surface area (Å²) < 4.78 is 0. The van der Waals surface area contributed by atoms with E-state index in [1.807, 2.05) is 66.7 Å². The van der Waals surface area contributed by atoms with Gasteiger partial charge in [-0.05, 0) is 22.4 Å². The minimum atomic E-state index is -0.851. The Morgan fingerprint density at radius 1 is 0.810 bits per heavy atom. The normalized spacial score (nSPS) is 12.8. The molecule has 0 heterocycles. The van der Waals surface area contributed by atoms with Gasteiger partial charge in [-0.15, -0.1) is 0 Å². The molecule has 2 nitrogen and oxygen atoms in total. The lowest BCUT2D eigenvalue weighted by Gasteiger charge is -2.12. The maximum atomic E-state index is 10.4. The first-order valence-corrected chi connectivity index (χ1v) is 6.87. The predicted octanol–water partition coefficient (Wildman–Crippen LogP) is 4.29. The number of hydrogen-bond donors (Lipinski definition) is 2. The summed E-state index contributed by atoms with van der Waals surface area (Å²) in [5, 5.41) is 22.4. The maximum absolute atomic E-state index is 10.4. The van der Waals surface area contributed by atoms with E-state index in [1.54, 1.807) is 12.1 Å². The van der Waals surface area contributed by atoms with Crippen molar-refractivity contribution in [3.8, 4) is 5.75 Å². The molecule has 0 aromatic heterocycles. The summed E-state index contributed by atoms with van der Waals surface area (Å²) >= 11 is 0. The lowest BCUT2D eigenvalue weighted by atomic mass is 9.98. The van der Waals surface area contributed by atoms with Crippen LogP contribution in [0.15, 0.2) is 72.8 Å². The molecule has 0 aliphatic carbocycles. The van der Waals surface area contributed by atoms with Crippen LogP contribution in [0.4, 0.5) is 0 Å². The summed E-state index contributed by atoms with van der Waals surface area (Å²) in [6.45, 7) is 0.